The number of benzene rings is 2. The van der Waals surface area contributed by atoms with Crippen LogP contribution in [0.2, 0.25) is 0 Å². The fourth-order valence-electron chi connectivity index (χ4n) is 4.28. The molecule has 0 aliphatic heterocycles. The second-order valence-electron chi connectivity index (χ2n) is 7.81. The normalized spacial score (nSPS) is 23.2. The molecule has 0 spiro atoms. The summed E-state index contributed by atoms with van der Waals surface area (Å²) < 4.78 is 0. The lowest BCUT2D eigenvalue weighted by Gasteiger charge is -2.35. The average molecular weight is 418 g/mol. The molecule has 8 heteroatoms. The van der Waals surface area contributed by atoms with Crippen LogP contribution in [-0.4, -0.2) is 21.4 Å². The number of ketones is 2. The number of nitro benzene ring substituents is 2. The Labute approximate surface area is 177 Å². The molecule has 2 saturated carbocycles. The molecule has 2 bridgehead atoms. The van der Waals surface area contributed by atoms with Crippen LogP contribution >= 0.6 is 0 Å². The zero-order valence-corrected chi connectivity index (χ0v) is 16.4. The van der Waals surface area contributed by atoms with Crippen molar-refractivity contribution in [2.75, 3.05) is 0 Å². The van der Waals surface area contributed by atoms with E-state index in [9.17, 15) is 29.8 Å². The van der Waals surface area contributed by atoms with Crippen LogP contribution in [0.1, 0.15) is 30.4 Å². The van der Waals surface area contributed by atoms with E-state index in [-0.39, 0.29) is 47.6 Å². The highest BCUT2D eigenvalue weighted by Gasteiger charge is 2.41. The molecule has 2 fully saturated rings. The first-order valence-electron chi connectivity index (χ1n) is 9.80. The van der Waals surface area contributed by atoms with Gasteiger partial charge in [0.15, 0.2) is 11.6 Å². The van der Waals surface area contributed by atoms with Crippen LogP contribution in [0.15, 0.2) is 59.7 Å². The molecule has 2 aromatic carbocycles. The van der Waals surface area contributed by atoms with Crippen molar-refractivity contribution in [1.82, 2.24) is 0 Å². The number of hydrogen-bond acceptors (Lipinski definition) is 6. The molecule has 4 rings (SSSR count). The third kappa shape index (κ3) is 4.18. The van der Waals surface area contributed by atoms with E-state index >= 15 is 0 Å². The minimum atomic E-state index is -0.492. The molecular weight excluding hydrogens is 400 g/mol. The highest BCUT2D eigenvalue weighted by Crippen LogP contribution is 2.42. The van der Waals surface area contributed by atoms with Crippen molar-refractivity contribution in [2.24, 2.45) is 11.8 Å². The summed E-state index contributed by atoms with van der Waals surface area (Å²) >= 11 is 0. The van der Waals surface area contributed by atoms with Crippen molar-refractivity contribution in [1.29, 1.82) is 0 Å². The Bertz CT molecular complexity index is 1090. The van der Waals surface area contributed by atoms with Crippen molar-refractivity contribution in [2.45, 2.75) is 19.3 Å². The maximum Gasteiger partial charge on any atom is 0.270 e. The molecule has 0 heterocycles. The number of carbonyl (C=O) groups excluding carboxylic acids is 2. The second kappa shape index (κ2) is 8.06. The van der Waals surface area contributed by atoms with Gasteiger partial charge < -0.3 is 0 Å². The SMILES string of the molecule is O=C1/C(=C\c2cccc([N+](=O)[O-])c2)C[C@H]2C[C@@H]1C/C(=C\c1cccc([N+](=O)[O-])c1)C2=O. The van der Waals surface area contributed by atoms with E-state index in [0.717, 1.165) is 0 Å². The smallest absolute Gasteiger partial charge is 0.270 e. The van der Waals surface area contributed by atoms with Crippen molar-refractivity contribution in [3.63, 3.8) is 0 Å². The van der Waals surface area contributed by atoms with E-state index in [1.165, 1.54) is 24.3 Å². The lowest BCUT2D eigenvalue weighted by atomic mass is 9.66. The van der Waals surface area contributed by atoms with Gasteiger partial charge in [-0.15, -0.1) is 0 Å². The van der Waals surface area contributed by atoms with E-state index < -0.39 is 9.85 Å². The summed E-state index contributed by atoms with van der Waals surface area (Å²) in [5.74, 6) is -0.793. The van der Waals surface area contributed by atoms with Gasteiger partial charge >= 0.3 is 0 Å². The maximum atomic E-state index is 13.0. The summed E-state index contributed by atoms with van der Waals surface area (Å²) in [4.78, 5) is 46.9. The maximum absolute atomic E-state index is 13.0. The minimum absolute atomic E-state index is 0.0554. The number of rotatable bonds is 4. The quantitative estimate of drug-likeness (QED) is 0.408. The van der Waals surface area contributed by atoms with Gasteiger partial charge in [0, 0.05) is 36.1 Å². The lowest BCUT2D eigenvalue weighted by Crippen LogP contribution is -2.37. The summed E-state index contributed by atoms with van der Waals surface area (Å²) in [5.41, 5.74) is 2.00. The largest absolute Gasteiger partial charge is 0.294 e. The third-order valence-electron chi connectivity index (χ3n) is 5.72. The van der Waals surface area contributed by atoms with E-state index in [0.29, 0.717) is 28.7 Å². The third-order valence-corrected chi connectivity index (χ3v) is 5.72. The molecule has 156 valence electrons. The monoisotopic (exact) mass is 418 g/mol. The predicted octanol–water partition coefficient (Wildman–Crippen LogP) is 4.54. The topological polar surface area (TPSA) is 120 Å². The summed E-state index contributed by atoms with van der Waals surface area (Å²) in [6.07, 6.45) is 4.32. The molecule has 0 unspecified atom stereocenters. The van der Waals surface area contributed by atoms with Gasteiger partial charge in [-0.05, 0) is 53.7 Å². The number of hydrogen-bond donors (Lipinski definition) is 0. The molecular formula is C23H18N2O6. The Morgan fingerprint density at radius 3 is 1.55 bits per heavy atom. The van der Waals surface area contributed by atoms with E-state index in [4.69, 9.17) is 0 Å². The fourth-order valence-corrected chi connectivity index (χ4v) is 4.28. The molecule has 31 heavy (non-hydrogen) atoms. The standard InChI is InChI=1S/C23H18N2O6/c26-22-16(7-14-3-1-5-20(9-14)24(28)29)11-18-13-19(22)12-17(23(18)27)8-15-4-2-6-21(10-15)25(30)31/h1-10,18-19H,11-13H2/b16-7-,17-8+/t18-,19-/m0/s1. The number of Topliss-reactive ketones (excluding diaryl/α,β-unsaturated/α-hetero) is 2. The number of fused-ring (bicyclic) bond motifs is 2. The predicted molar refractivity (Wildman–Crippen MR) is 113 cm³/mol. The van der Waals surface area contributed by atoms with Gasteiger partial charge in [-0.25, -0.2) is 0 Å². The summed E-state index contributed by atoms with van der Waals surface area (Å²) in [5, 5.41) is 22.0. The van der Waals surface area contributed by atoms with E-state index in [1.807, 2.05) is 0 Å². The van der Waals surface area contributed by atoms with Gasteiger partial charge in [0.05, 0.1) is 9.85 Å². The first-order chi connectivity index (χ1) is 14.8. The summed E-state index contributed by atoms with van der Waals surface area (Å²) in [6.45, 7) is 0. The van der Waals surface area contributed by atoms with Gasteiger partial charge in [0.1, 0.15) is 0 Å². The van der Waals surface area contributed by atoms with Crippen molar-refractivity contribution < 1.29 is 19.4 Å². The molecule has 0 radical (unpaired) electrons. The van der Waals surface area contributed by atoms with Gasteiger partial charge in [-0.3, -0.25) is 29.8 Å². The zero-order chi connectivity index (χ0) is 22.1. The Morgan fingerprint density at radius 1 is 0.742 bits per heavy atom. The van der Waals surface area contributed by atoms with E-state index in [1.54, 1.807) is 36.4 Å². The Morgan fingerprint density at radius 2 is 1.16 bits per heavy atom. The average Bonchev–Trinajstić information content (AvgIpc) is 2.75. The van der Waals surface area contributed by atoms with Crippen molar-refractivity contribution in [3.05, 3.63) is 91.0 Å². The first-order valence-corrected chi connectivity index (χ1v) is 9.80. The number of carbonyl (C=O) groups is 2. The van der Waals surface area contributed by atoms with Crippen LogP contribution in [0.25, 0.3) is 12.2 Å². The van der Waals surface area contributed by atoms with Crippen LogP contribution in [0.4, 0.5) is 11.4 Å². The Balaban J connectivity index is 1.61. The highest BCUT2D eigenvalue weighted by molar-refractivity contribution is 6.10. The number of non-ortho nitro benzene ring substituents is 2. The summed E-state index contributed by atoms with van der Waals surface area (Å²) in [7, 11) is 0. The first kappa shape index (κ1) is 20.3. The van der Waals surface area contributed by atoms with Crippen LogP contribution in [0.3, 0.4) is 0 Å². The molecule has 2 atom stereocenters. The minimum Gasteiger partial charge on any atom is -0.294 e. The van der Waals surface area contributed by atoms with Crippen LogP contribution in [0.5, 0.6) is 0 Å². The van der Waals surface area contributed by atoms with Crippen molar-refractivity contribution in [3.8, 4) is 0 Å². The van der Waals surface area contributed by atoms with Crippen LogP contribution in [0, 0.1) is 32.1 Å². The van der Waals surface area contributed by atoms with Crippen LogP contribution in [-0.2, 0) is 9.59 Å². The molecule has 8 nitrogen and oxygen atoms in total. The second-order valence-corrected chi connectivity index (χ2v) is 7.81. The van der Waals surface area contributed by atoms with Gasteiger partial charge in [-0.2, -0.15) is 0 Å². The van der Waals surface area contributed by atoms with Crippen LogP contribution < -0.4 is 0 Å². The highest BCUT2D eigenvalue weighted by atomic mass is 16.6. The molecule has 0 N–H and O–H groups in total. The van der Waals surface area contributed by atoms with Gasteiger partial charge in [0.2, 0.25) is 0 Å². The lowest BCUT2D eigenvalue weighted by molar-refractivity contribution is -0.385. The Kier molecular flexibility index (Phi) is 5.29. The number of nitrogens with zero attached hydrogens (tertiary/aromatic N) is 2. The fraction of sp³-hybridized carbons (Fsp3) is 0.217. The zero-order valence-electron chi connectivity index (χ0n) is 16.4. The van der Waals surface area contributed by atoms with Crippen molar-refractivity contribution >= 4 is 35.1 Å². The van der Waals surface area contributed by atoms with E-state index in [2.05, 4.69) is 0 Å². The molecule has 2 aliphatic carbocycles. The molecule has 2 aromatic rings. The Hall–Kier alpha value is -3.94. The molecule has 0 amide bonds. The van der Waals surface area contributed by atoms with Gasteiger partial charge in [0.25, 0.3) is 11.4 Å². The van der Waals surface area contributed by atoms with Gasteiger partial charge in [-0.1, -0.05) is 24.3 Å². The molecule has 0 saturated heterocycles. The molecule has 0 aromatic heterocycles. The number of allylic oxidation sites excluding steroid dienone is 2. The molecule has 2 aliphatic rings. The number of nitro groups is 2. The summed E-state index contributed by atoms with van der Waals surface area (Å²) in [6, 6.07) is 12.1.